The van der Waals surface area contributed by atoms with Gasteiger partial charge in [-0.15, -0.1) is 16.4 Å². The highest BCUT2D eigenvalue weighted by Crippen LogP contribution is 2.12. The van der Waals surface area contributed by atoms with Gasteiger partial charge in [0.25, 0.3) is 0 Å². The molecule has 0 saturated carbocycles. The summed E-state index contributed by atoms with van der Waals surface area (Å²) < 4.78 is 0. The number of aromatic nitrogens is 3. The lowest BCUT2D eigenvalue weighted by atomic mass is 10.1. The van der Waals surface area contributed by atoms with Crippen LogP contribution in [0.1, 0.15) is 32.2 Å². The van der Waals surface area contributed by atoms with Gasteiger partial charge in [-0.3, -0.25) is 0 Å². The maximum absolute atomic E-state index is 4.27. The first-order chi connectivity index (χ1) is 9.44. The van der Waals surface area contributed by atoms with E-state index in [9.17, 15) is 0 Å². The summed E-state index contributed by atoms with van der Waals surface area (Å²) in [5.74, 6) is 0.859. The molecule has 2 rings (SSSR count). The van der Waals surface area contributed by atoms with Gasteiger partial charge >= 0.3 is 0 Å². The van der Waals surface area contributed by atoms with Gasteiger partial charge in [0.1, 0.15) is 0 Å². The Labute approximate surface area is 124 Å². The lowest BCUT2D eigenvalue weighted by Crippen LogP contribution is -2.35. The smallest absolute Gasteiger partial charge is 0.151 e. The molecule has 6 heteroatoms. The third kappa shape index (κ3) is 4.54. The molecule has 2 aromatic rings. The number of thiazole rings is 1. The highest BCUT2D eigenvalue weighted by Gasteiger charge is 2.10. The second-order valence-corrected chi connectivity index (χ2v) is 6.54. The van der Waals surface area contributed by atoms with Gasteiger partial charge in [-0.2, -0.15) is 5.10 Å². The summed E-state index contributed by atoms with van der Waals surface area (Å²) in [4.78, 5) is 6.32. The van der Waals surface area contributed by atoms with Crippen LogP contribution in [0.15, 0.2) is 23.0 Å². The van der Waals surface area contributed by atoms with E-state index in [1.54, 1.807) is 11.3 Å². The fraction of sp³-hybridized carbons (Fsp3) is 0.500. The summed E-state index contributed by atoms with van der Waals surface area (Å²) in [6.07, 6.45) is 0. The maximum atomic E-state index is 4.27. The summed E-state index contributed by atoms with van der Waals surface area (Å²) in [6, 6.07) is 4.01. The first kappa shape index (κ1) is 14.9. The fourth-order valence-corrected chi connectivity index (χ4v) is 2.20. The Balaban J connectivity index is 1.93. The van der Waals surface area contributed by atoms with Crippen LogP contribution in [0.4, 0.5) is 5.82 Å². The van der Waals surface area contributed by atoms with Crippen LogP contribution < -0.4 is 10.2 Å². The van der Waals surface area contributed by atoms with Gasteiger partial charge in [-0.1, -0.05) is 0 Å². The van der Waals surface area contributed by atoms with Gasteiger partial charge in [-0.25, -0.2) is 4.98 Å². The molecule has 108 valence electrons. The largest absolute Gasteiger partial charge is 0.352 e. The standard InChI is InChI=1S/C14H21N5S/c1-14(2,3)16-7-11-5-6-13(18-17-11)19(4)8-12-9-20-10-15-12/h5-6,9-10,16H,7-8H2,1-4H3. The quantitative estimate of drug-likeness (QED) is 0.917. The minimum absolute atomic E-state index is 0.0851. The van der Waals surface area contributed by atoms with Crippen molar-refractivity contribution in [2.24, 2.45) is 0 Å². The average Bonchev–Trinajstić information content (AvgIpc) is 2.89. The maximum Gasteiger partial charge on any atom is 0.151 e. The van der Waals surface area contributed by atoms with E-state index < -0.39 is 0 Å². The van der Waals surface area contributed by atoms with Crippen molar-refractivity contribution in [3.05, 3.63) is 34.4 Å². The SMILES string of the molecule is CN(Cc1cscn1)c1ccc(CNC(C)(C)C)nn1. The zero-order valence-electron chi connectivity index (χ0n) is 12.4. The molecule has 0 unspecified atom stereocenters. The minimum atomic E-state index is 0.0851. The number of rotatable bonds is 5. The van der Waals surface area contributed by atoms with Crippen molar-refractivity contribution in [3.63, 3.8) is 0 Å². The number of hydrogen-bond donors (Lipinski definition) is 1. The monoisotopic (exact) mass is 291 g/mol. The van der Waals surface area contributed by atoms with E-state index >= 15 is 0 Å². The number of nitrogens with zero attached hydrogens (tertiary/aromatic N) is 4. The van der Waals surface area contributed by atoms with E-state index in [0.717, 1.165) is 30.3 Å². The predicted octanol–water partition coefficient (Wildman–Crippen LogP) is 2.46. The molecular weight excluding hydrogens is 270 g/mol. The molecule has 5 nitrogen and oxygen atoms in total. The Morgan fingerprint density at radius 2 is 2.00 bits per heavy atom. The molecule has 0 aliphatic heterocycles. The van der Waals surface area contributed by atoms with E-state index in [1.807, 2.05) is 35.0 Å². The predicted molar refractivity (Wildman–Crippen MR) is 82.8 cm³/mol. The molecule has 0 aliphatic rings. The van der Waals surface area contributed by atoms with Crippen molar-refractivity contribution in [1.82, 2.24) is 20.5 Å². The lowest BCUT2D eigenvalue weighted by molar-refractivity contribution is 0.420. The zero-order chi connectivity index (χ0) is 14.6. The second kappa shape index (κ2) is 6.28. The van der Waals surface area contributed by atoms with Crippen LogP contribution in [-0.4, -0.2) is 27.8 Å². The molecule has 0 atom stereocenters. The Hall–Kier alpha value is -1.53. The average molecular weight is 291 g/mol. The van der Waals surface area contributed by atoms with Gasteiger partial charge < -0.3 is 10.2 Å². The molecule has 20 heavy (non-hydrogen) atoms. The molecule has 0 spiro atoms. The molecule has 0 fully saturated rings. The summed E-state index contributed by atoms with van der Waals surface area (Å²) in [7, 11) is 2.00. The first-order valence-electron chi connectivity index (χ1n) is 6.60. The van der Waals surface area contributed by atoms with E-state index in [-0.39, 0.29) is 5.54 Å². The van der Waals surface area contributed by atoms with Crippen LogP contribution in [0.3, 0.4) is 0 Å². The van der Waals surface area contributed by atoms with E-state index in [2.05, 4.69) is 41.3 Å². The Kier molecular flexibility index (Phi) is 4.67. The van der Waals surface area contributed by atoms with Crippen LogP contribution in [0.25, 0.3) is 0 Å². The third-order valence-electron chi connectivity index (χ3n) is 2.78. The van der Waals surface area contributed by atoms with Crippen molar-refractivity contribution in [2.75, 3.05) is 11.9 Å². The minimum Gasteiger partial charge on any atom is -0.352 e. The molecular formula is C14H21N5S. The topological polar surface area (TPSA) is 53.9 Å². The van der Waals surface area contributed by atoms with Crippen LogP contribution in [0.2, 0.25) is 0 Å². The van der Waals surface area contributed by atoms with Gasteiger partial charge in [-0.05, 0) is 32.9 Å². The lowest BCUT2D eigenvalue weighted by Gasteiger charge is -2.20. The third-order valence-corrected chi connectivity index (χ3v) is 3.41. The van der Waals surface area contributed by atoms with E-state index in [4.69, 9.17) is 0 Å². The summed E-state index contributed by atoms with van der Waals surface area (Å²) >= 11 is 1.61. The van der Waals surface area contributed by atoms with Crippen molar-refractivity contribution < 1.29 is 0 Å². The summed E-state index contributed by atoms with van der Waals surface area (Å²) in [5.41, 5.74) is 3.93. The highest BCUT2D eigenvalue weighted by atomic mass is 32.1. The van der Waals surface area contributed by atoms with Crippen LogP contribution >= 0.6 is 11.3 Å². The molecule has 0 aliphatic carbocycles. The second-order valence-electron chi connectivity index (χ2n) is 5.82. The van der Waals surface area contributed by atoms with Gasteiger partial charge in [0.15, 0.2) is 5.82 Å². The number of nitrogens with one attached hydrogen (secondary N) is 1. The van der Waals surface area contributed by atoms with Crippen LogP contribution in [0, 0.1) is 0 Å². The van der Waals surface area contributed by atoms with Crippen molar-refractivity contribution in [1.29, 1.82) is 0 Å². The van der Waals surface area contributed by atoms with Crippen LogP contribution in [-0.2, 0) is 13.1 Å². The van der Waals surface area contributed by atoms with Crippen molar-refractivity contribution in [2.45, 2.75) is 39.4 Å². The van der Waals surface area contributed by atoms with Crippen molar-refractivity contribution in [3.8, 4) is 0 Å². The summed E-state index contributed by atoms with van der Waals surface area (Å²) in [5, 5.41) is 14.0. The molecule has 2 heterocycles. The molecule has 0 saturated heterocycles. The first-order valence-corrected chi connectivity index (χ1v) is 7.54. The molecule has 0 aromatic carbocycles. The van der Waals surface area contributed by atoms with Gasteiger partial charge in [0.05, 0.1) is 23.4 Å². The normalized spacial score (nSPS) is 11.6. The summed E-state index contributed by atoms with van der Waals surface area (Å²) in [6.45, 7) is 7.88. The van der Waals surface area contributed by atoms with E-state index in [1.165, 1.54) is 0 Å². The van der Waals surface area contributed by atoms with Crippen molar-refractivity contribution >= 4 is 17.2 Å². The van der Waals surface area contributed by atoms with Gasteiger partial charge in [0, 0.05) is 24.5 Å². The molecule has 0 amide bonds. The highest BCUT2D eigenvalue weighted by molar-refractivity contribution is 7.07. The number of hydrogen-bond acceptors (Lipinski definition) is 6. The fourth-order valence-electron chi connectivity index (χ4n) is 1.65. The van der Waals surface area contributed by atoms with Crippen LogP contribution in [0.5, 0.6) is 0 Å². The Morgan fingerprint density at radius 3 is 2.55 bits per heavy atom. The Bertz CT molecular complexity index is 515. The van der Waals surface area contributed by atoms with Gasteiger partial charge in [0.2, 0.25) is 0 Å². The number of anilines is 1. The molecule has 1 N–H and O–H groups in total. The van der Waals surface area contributed by atoms with E-state index in [0.29, 0.717) is 0 Å². The Morgan fingerprint density at radius 1 is 1.20 bits per heavy atom. The zero-order valence-corrected chi connectivity index (χ0v) is 13.2. The molecule has 0 radical (unpaired) electrons. The molecule has 0 bridgehead atoms. The molecule has 2 aromatic heterocycles.